The monoisotopic (exact) mass is 387 g/mol. The minimum Gasteiger partial charge on any atom is -0.385 e. The molecule has 2 aromatic heterocycles. The van der Waals surface area contributed by atoms with Gasteiger partial charge in [0.1, 0.15) is 5.00 Å². The molecule has 1 N–H and O–H groups in total. The molecule has 4 rings (SSSR count). The fourth-order valence-corrected chi connectivity index (χ4v) is 5.83. The van der Waals surface area contributed by atoms with Crippen molar-refractivity contribution < 1.29 is 9.53 Å². The fraction of sp³-hybridized carbons (Fsp3) is 0.571. The van der Waals surface area contributed by atoms with E-state index < -0.39 is 0 Å². The highest BCUT2D eigenvalue weighted by Crippen LogP contribution is 2.42. The molecule has 5 nitrogen and oxygen atoms in total. The number of hydrogen-bond acceptors (Lipinski definition) is 3. The molecule has 0 aromatic carbocycles. The number of carbonyl (C=O) groups is 1. The average Bonchev–Trinajstić information content (AvgIpc) is 3.27. The highest BCUT2D eigenvalue weighted by Gasteiger charge is 2.34. The lowest BCUT2D eigenvalue weighted by atomic mass is 9.95. The highest BCUT2D eigenvalue weighted by molar-refractivity contribution is 7.15. The number of urea groups is 1. The van der Waals surface area contributed by atoms with Crippen molar-refractivity contribution in [3.8, 4) is 5.00 Å². The van der Waals surface area contributed by atoms with E-state index in [0.29, 0.717) is 19.7 Å². The number of carbonyl (C=O) groups excluding carboxylic acids is 1. The van der Waals surface area contributed by atoms with Gasteiger partial charge < -0.3 is 19.5 Å². The molecule has 6 heteroatoms. The van der Waals surface area contributed by atoms with Crippen molar-refractivity contribution in [3.63, 3.8) is 0 Å². The number of fused-ring (bicyclic) bond motifs is 5. The van der Waals surface area contributed by atoms with Crippen LogP contribution < -0.4 is 5.32 Å². The third-order valence-electron chi connectivity index (χ3n) is 5.75. The molecule has 2 aromatic rings. The van der Waals surface area contributed by atoms with Gasteiger partial charge in [0.05, 0.1) is 12.6 Å². The Morgan fingerprint density at radius 2 is 2.19 bits per heavy atom. The summed E-state index contributed by atoms with van der Waals surface area (Å²) in [7, 11) is 1.69. The van der Waals surface area contributed by atoms with Crippen LogP contribution in [-0.4, -0.2) is 35.8 Å². The van der Waals surface area contributed by atoms with Crippen LogP contribution in [0.4, 0.5) is 4.79 Å². The van der Waals surface area contributed by atoms with Crippen molar-refractivity contribution in [2.24, 2.45) is 0 Å². The molecule has 0 fully saturated rings. The van der Waals surface area contributed by atoms with Crippen LogP contribution in [0.15, 0.2) is 18.3 Å². The van der Waals surface area contributed by atoms with Gasteiger partial charge in [0.2, 0.25) is 0 Å². The van der Waals surface area contributed by atoms with Gasteiger partial charge in [-0.1, -0.05) is 6.92 Å². The first-order valence-corrected chi connectivity index (χ1v) is 10.9. The van der Waals surface area contributed by atoms with E-state index in [1.165, 1.54) is 46.0 Å². The number of hydrogen-bond donors (Lipinski definition) is 1. The summed E-state index contributed by atoms with van der Waals surface area (Å²) in [5.41, 5.74) is 4.10. The molecule has 146 valence electrons. The van der Waals surface area contributed by atoms with Gasteiger partial charge >= 0.3 is 6.03 Å². The minimum atomic E-state index is 0.0364. The normalized spacial score (nSPS) is 18.4. The first-order valence-electron chi connectivity index (χ1n) is 10.1. The fourth-order valence-electron chi connectivity index (χ4n) is 4.42. The van der Waals surface area contributed by atoms with Crippen molar-refractivity contribution in [1.82, 2.24) is 14.8 Å². The van der Waals surface area contributed by atoms with Gasteiger partial charge in [-0.05, 0) is 56.2 Å². The smallest absolute Gasteiger partial charge is 0.318 e. The molecular formula is C21H29N3O2S. The topological polar surface area (TPSA) is 46.5 Å². The molecule has 0 bridgehead atoms. The predicted molar refractivity (Wildman–Crippen MR) is 109 cm³/mol. The standard InChI is InChI=1S/C21H29N3O2S/c1-3-17-18-9-6-12-23(18)20-16(15-8-4-5-10-19(15)27-20)14-24(17)21(25)22-11-7-13-26-2/h6,9,12,17H,3-5,7-8,10-11,13-14H2,1-2H3,(H,22,25). The van der Waals surface area contributed by atoms with Crippen molar-refractivity contribution in [1.29, 1.82) is 0 Å². The Labute approximate surface area is 165 Å². The van der Waals surface area contributed by atoms with Gasteiger partial charge in [0.25, 0.3) is 0 Å². The van der Waals surface area contributed by atoms with Gasteiger partial charge in [-0.15, -0.1) is 11.3 Å². The van der Waals surface area contributed by atoms with Gasteiger partial charge in [0, 0.05) is 42.6 Å². The van der Waals surface area contributed by atoms with E-state index in [2.05, 4.69) is 35.1 Å². The summed E-state index contributed by atoms with van der Waals surface area (Å²) in [4.78, 5) is 16.7. The third kappa shape index (κ3) is 3.41. The lowest BCUT2D eigenvalue weighted by molar-refractivity contribution is 0.164. The molecule has 1 aliphatic heterocycles. The van der Waals surface area contributed by atoms with Crippen LogP contribution in [0, 0.1) is 0 Å². The molecule has 1 aliphatic carbocycles. The molecule has 2 aliphatic rings. The van der Waals surface area contributed by atoms with Crippen molar-refractivity contribution in [3.05, 3.63) is 40.0 Å². The van der Waals surface area contributed by atoms with E-state index in [1.807, 2.05) is 16.2 Å². The molecular weight excluding hydrogens is 358 g/mol. The van der Waals surface area contributed by atoms with Gasteiger partial charge in [0.15, 0.2) is 0 Å². The first-order chi connectivity index (χ1) is 13.2. The van der Waals surface area contributed by atoms with E-state index in [0.717, 1.165) is 19.3 Å². The number of thiophene rings is 1. The number of methoxy groups -OCH3 is 1. The Morgan fingerprint density at radius 1 is 1.33 bits per heavy atom. The van der Waals surface area contributed by atoms with E-state index in [-0.39, 0.29) is 12.1 Å². The Morgan fingerprint density at radius 3 is 3.00 bits per heavy atom. The first kappa shape index (κ1) is 18.6. The summed E-state index contributed by atoms with van der Waals surface area (Å²) in [5, 5.41) is 4.44. The van der Waals surface area contributed by atoms with E-state index in [9.17, 15) is 4.79 Å². The lowest BCUT2D eigenvalue weighted by Gasteiger charge is -2.30. The largest absolute Gasteiger partial charge is 0.385 e. The molecule has 0 saturated carbocycles. The summed E-state index contributed by atoms with van der Waals surface area (Å²) in [5.74, 6) is 0. The Kier molecular flexibility index (Phi) is 5.55. The molecule has 2 amide bonds. The lowest BCUT2D eigenvalue weighted by Crippen LogP contribution is -2.42. The average molecular weight is 388 g/mol. The second-order valence-electron chi connectivity index (χ2n) is 7.43. The predicted octanol–water partition coefficient (Wildman–Crippen LogP) is 4.43. The number of rotatable bonds is 5. The van der Waals surface area contributed by atoms with Crippen molar-refractivity contribution in [2.45, 2.75) is 58.0 Å². The summed E-state index contributed by atoms with van der Waals surface area (Å²) < 4.78 is 7.44. The van der Waals surface area contributed by atoms with Crippen LogP contribution in [0.1, 0.15) is 60.3 Å². The maximum Gasteiger partial charge on any atom is 0.318 e. The summed E-state index contributed by atoms with van der Waals surface area (Å²) >= 11 is 1.94. The summed E-state index contributed by atoms with van der Waals surface area (Å²) in [6, 6.07) is 4.42. The number of amides is 2. The second-order valence-corrected chi connectivity index (χ2v) is 8.51. The zero-order chi connectivity index (χ0) is 18.8. The quantitative estimate of drug-likeness (QED) is 0.772. The molecule has 27 heavy (non-hydrogen) atoms. The number of ether oxygens (including phenoxy) is 1. The molecule has 0 spiro atoms. The van der Waals surface area contributed by atoms with Gasteiger partial charge in [-0.25, -0.2) is 4.79 Å². The summed E-state index contributed by atoms with van der Waals surface area (Å²) in [6.07, 6.45) is 8.79. The number of nitrogens with one attached hydrogen (secondary N) is 1. The van der Waals surface area contributed by atoms with Crippen LogP contribution in [0.2, 0.25) is 0 Å². The van der Waals surface area contributed by atoms with Gasteiger partial charge in [-0.3, -0.25) is 0 Å². The molecule has 1 atom stereocenters. The third-order valence-corrected chi connectivity index (χ3v) is 7.09. The Balaban J connectivity index is 1.69. The highest BCUT2D eigenvalue weighted by atomic mass is 32.1. The maximum atomic E-state index is 13.1. The number of nitrogens with zero attached hydrogens (tertiary/aromatic N) is 2. The van der Waals surface area contributed by atoms with E-state index in [4.69, 9.17) is 4.74 Å². The minimum absolute atomic E-state index is 0.0364. The SMILES string of the molecule is CCC1c2cccn2-c2sc3c(c2CN1C(=O)NCCCOC)CCCC3. The zero-order valence-electron chi connectivity index (χ0n) is 16.3. The van der Waals surface area contributed by atoms with Crippen LogP contribution in [0.5, 0.6) is 0 Å². The van der Waals surface area contributed by atoms with Crippen LogP contribution in [0.25, 0.3) is 5.00 Å². The molecule has 0 radical (unpaired) electrons. The maximum absolute atomic E-state index is 13.1. The van der Waals surface area contributed by atoms with Crippen LogP contribution in [0.3, 0.4) is 0 Å². The zero-order valence-corrected chi connectivity index (χ0v) is 17.1. The molecule has 1 unspecified atom stereocenters. The second kappa shape index (κ2) is 8.07. The van der Waals surface area contributed by atoms with Crippen LogP contribution in [-0.2, 0) is 24.1 Å². The van der Waals surface area contributed by atoms with Crippen molar-refractivity contribution >= 4 is 17.4 Å². The van der Waals surface area contributed by atoms with Crippen LogP contribution >= 0.6 is 11.3 Å². The Bertz CT molecular complexity index is 810. The summed E-state index contributed by atoms with van der Waals surface area (Å²) in [6.45, 7) is 4.19. The number of aromatic nitrogens is 1. The number of aryl methyl sites for hydroxylation is 1. The van der Waals surface area contributed by atoms with Crippen molar-refractivity contribution in [2.75, 3.05) is 20.3 Å². The van der Waals surface area contributed by atoms with E-state index in [1.54, 1.807) is 7.11 Å². The molecule has 3 heterocycles. The van der Waals surface area contributed by atoms with E-state index >= 15 is 0 Å². The van der Waals surface area contributed by atoms with Gasteiger partial charge in [-0.2, -0.15) is 0 Å². The Hall–Kier alpha value is -1.79. The molecule has 0 saturated heterocycles.